The minimum atomic E-state index is -0.772. The Morgan fingerprint density at radius 3 is 2.65 bits per heavy atom. The first-order chi connectivity index (χ1) is 9.39. The quantitative estimate of drug-likeness (QED) is 0.806. The van der Waals surface area contributed by atoms with Crippen molar-refractivity contribution in [2.45, 2.75) is 51.8 Å². The summed E-state index contributed by atoms with van der Waals surface area (Å²) in [5, 5.41) is 13.4. The van der Waals surface area contributed by atoms with Gasteiger partial charge in [-0.1, -0.05) is 0 Å². The third kappa shape index (κ3) is 4.46. The van der Waals surface area contributed by atoms with Crippen molar-refractivity contribution in [2.24, 2.45) is 0 Å². The van der Waals surface area contributed by atoms with Crippen LogP contribution in [0.2, 0.25) is 0 Å². The highest BCUT2D eigenvalue weighted by Crippen LogP contribution is 2.25. The van der Waals surface area contributed by atoms with E-state index >= 15 is 0 Å². The second-order valence-electron chi connectivity index (χ2n) is 6.25. The van der Waals surface area contributed by atoms with Crippen LogP contribution in [0.15, 0.2) is 18.2 Å². The van der Waals surface area contributed by atoms with Crippen molar-refractivity contribution in [3.8, 4) is 0 Å². The monoisotopic (exact) mass is 280 g/mol. The fourth-order valence-corrected chi connectivity index (χ4v) is 2.38. The van der Waals surface area contributed by atoms with Gasteiger partial charge in [0.25, 0.3) is 0 Å². The summed E-state index contributed by atoms with van der Waals surface area (Å²) in [6.45, 7) is 7.63. The van der Waals surface area contributed by atoms with Crippen molar-refractivity contribution < 1.29 is 9.50 Å². The van der Waals surface area contributed by atoms with Gasteiger partial charge in [0.15, 0.2) is 0 Å². The number of halogens is 1. The number of hydrogen-bond acceptors (Lipinski definition) is 3. The van der Waals surface area contributed by atoms with Crippen molar-refractivity contribution in [3.05, 3.63) is 29.6 Å². The highest BCUT2D eigenvalue weighted by Gasteiger charge is 2.23. The molecule has 2 N–H and O–H groups in total. The van der Waals surface area contributed by atoms with E-state index in [1.807, 2.05) is 13.0 Å². The third-order valence-electron chi connectivity index (χ3n) is 3.50. The number of benzene rings is 1. The Labute approximate surface area is 120 Å². The van der Waals surface area contributed by atoms with Crippen LogP contribution in [-0.2, 0) is 6.54 Å². The Kier molecular flexibility index (Phi) is 4.66. The molecule has 0 heterocycles. The van der Waals surface area contributed by atoms with Gasteiger partial charge in [-0.25, -0.2) is 4.39 Å². The fraction of sp³-hybridized carbons (Fsp3) is 0.625. The number of nitrogens with zero attached hydrogens (tertiary/aromatic N) is 1. The minimum Gasteiger partial charge on any atom is -0.389 e. The lowest BCUT2D eigenvalue weighted by Gasteiger charge is -2.31. The minimum absolute atomic E-state index is 0.208. The first-order valence-corrected chi connectivity index (χ1v) is 7.38. The van der Waals surface area contributed by atoms with Gasteiger partial charge in [0.05, 0.1) is 5.60 Å². The molecule has 0 aliphatic heterocycles. The lowest BCUT2D eigenvalue weighted by Crippen LogP contribution is -2.39. The molecule has 0 spiro atoms. The van der Waals surface area contributed by atoms with E-state index in [4.69, 9.17) is 0 Å². The first kappa shape index (κ1) is 15.3. The van der Waals surface area contributed by atoms with Crippen LogP contribution in [0.3, 0.4) is 0 Å². The summed E-state index contributed by atoms with van der Waals surface area (Å²) in [5.41, 5.74) is 1.19. The summed E-state index contributed by atoms with van der Waals surface area (Å²) in [5.74, 6) is -0.208. The molecule has 0 bridgehead atoms. The third-order valence-corrected chi connectivity index (χ3v) is 3.50. The highest BCUT2D eigenvalue weighted by atomic mass is 19.1. The zero-order chi connectivity index (χ0) is 14.8. The van der Waals surface area contributed by atoms with E-state index in [0.29, 0.717) is 19.1 Å². The summed E-state index contributed by atoms with van der Waals surface area (Å²) in [6.07, 6.45) is 2.43. The van der Waals surface area contributed by atoms with Crippen LogP contribution < -0.4 is 10.2 Å². The molecule has 0 unspecified atom stereocenters. The first-order valence-electron chi connectivity index (χ1n) is 7.38. The molecule has 1 aromatic carbocycles. The summed E-state index contributed by atoms with van der Waals surface area (Å²) in [6, 6.07) is 5.49. The molecule has 1 aromatic rings. The normalized spacial score (nSPS) is 15.4. The maximum absolute atomic E-state index is 13.5. The Morgan fingerprint density at radius 2 is 2.10 bits per heavy atom. The van der Waals surface area contributed by atoms with Crippen LogP contribution in [0.1, 0.15) is 39.2 Å². The molecule has 112 valence electrons. The number of aliphatic hydroxyl groups is 1. The molecule has 2 rings (SSSR count). The summed E-state index contributed by atoms with van der Waals surface area (Å²) in [7, 11) is 0. The van der Waals surface area contributed by atoms with Gasteiger partial charge in [-0.05, 0) is 57.4 Å². The Morgan fingerprint density at radius 1 is 1.40 bits per heavy atom. The maximum Gasteiger partial charge on any atom is 0.123 e. The molecule has 1 fully saturated rings. The second-order valence-corrected chi connectivity index (χ2v) is 6.25. The number of anilines is 1. The van der Waals surface area contributed by atoms with Crippen LogP contribution in [0, 0.1) is 5.82 Å². The van der Waals surface area contributed by atoms with Gasteiger partial charge in [-0.2, -0.15) is 0 Å². The summed E-state index contributed by atoms with van der Waals surface area (Å²) >= 11 is 0. The molecule has 0 amide bonds. The topological polar surface area (TPSA) is 35.5 Å². The number of nitrogens with one attached hydrogen (secondary N) is 1. The maximum atomic E-state index is 13.5. The molecule has 3 nitrogen and oxygen atoms in total. The van der Waals surface area contributed by atoms with E-state index in [9.17, 15) is 9.50 Å². The predicted octanol–water partition coefficient (Wildman–Crippen LogP) is 2.67. The molecule has 0 radical (unpaired) electrons. The molecule has 0 atom stereocenters. The van der Waals surface area contributed by atoms with Gasteiger partial charge in [-0.3, -0.25) is 0 Å². The van der Waals surface area contributed by atoms with E-state index in [2.05, 4.69) is 10.2 Å². The lowest BCUT2D eigenvalue weighted by molar-refractivity contribution is 0.0875. The average Bonchev–Trinajstić information content (AvgIpc) is 3.17. The summed E-state index contributed by atoms with van der Waals surface area (Å²) < 4.78 is 13.5. The Hall–Kier alpha value is -1.13. The van der Waals surface area contributed by atoms with Gasteiger partial charge in [0.1, 0.15) is 5.82 Å². The fourth-order valence-electron chi connectivity index (χ4n) is 2.38. The Bertz CT molecular complexity index is 452. The van der Waals surface area contributed by atoms with Crippen LogP contribution in [0.25, 0.3) is 0 Å². The largest absolute Gasteiger partial charge is 0.389 e. The second kappa shape index (κ2) is 6.10. The molecule has 0 aromatic heterocycles. The van der Waals surface area contributed by atoms with Crippen molar-refractivity contribution in [1.29, 1.82) is 0 Å². The van der Waals surface area contributed by atoms with E-state index in [-0.39, 0.29) is 5.82 Å². The van der Waals surface area contributed by atoms with Gasteiger partial charge < -0.3 is 15.3 Å². The predicted molar refractivity (Wildman–Crippen MR) is 80.4 cm³/mol. The van der Waals surface area contributed by atoms with Crippen molar-refractivity contribution in [3.63, 3.8) is 0 Å². The van der Waals surface area contributed by atoms with Gasteiger partial charge in [-0.15, -0.1) is 0 Å². The molecule has 1 saturated carbocycles. The van der Waals surface area contributed by atoms with Crippen molar-refractivity contribution >= 4 is 5.69 Å². The van der Waals surface area contributed by atoms with Crippen LogP contribution >= 0.6 is 0 Å². The molecule has 20 heavy (non-hydrogen) atoms. The SMILES string of the molecule is CCN(CC(C)(C)O)c1ccc(F)cc1CNC1CC1. The average molecular weight is 280 g/mol. The zero-order valence-corrected chi connectivity index (χ0v) is 12.6. The molecular formula is C16H25FN2O. The van der Waals surface area contributed by atoms with E-state index in [1.165, 1.54) is 18.9 Å². The molecule has 4 heteroatoms. The lowest BCUT2D eigenvalue weighted by atomic mass is 10.1. The van der Waals surface area contributed by atoms with Gasteiger partial charge >= 0.3 is 0 Å². The molecular weight excluding hydrogens is 255 g/mol. The van der Waals surface area contributed by atoms with Gasteiger partial charge in [0, 0.05) is 31.4 Å². The van der Waals surface area contributed by atoms with Gasteiger partial charge in [0.2, 0.25) is 0 Å². The highest BCUT2D eigenvalue weighted by molar-refractivity contribution is 5.54. The molecule has 1 aliphatic carbocycles. The van der Waals surface area contributed by atoms with E-state index in [1.54, 1.807) is 19.9 Å². The van der Waals surface area contributed by atoms with Crippen molar-refractivity contribution in [1.82, 2.24) is 5.32 Å². The van der Waals surface area contributed by atoms with E-state index < -0.39 is 5.60 Å². The standard InChI is InChI=1S/C16H25FN2O/c1-4-19(11-16(2,3)20)15-8-5-13(17)9-12(15)10-18-14-6-7-14/h5,8-9,14,18,20H,4,6-7,10-11H2,1-3H3. The van der Waals surface area contributed by atoms with Crippen LogP contribution in [-0.4, -0.2) is 29.8 Å². The zero-order valence-electron chi connectivity index (χ0n) is 12.6. The van der Waals surface area contributed by atoms with Crippen LogP contribution in [0.5, 0.6) is 0 Å². The van der Waals surface area contributed by atoms with Crippen molar-refractivity contribution in [2.75, 3.05) is 18.0 Å². The smallest absolute Gasteiger partial charge is 0.123 e. The van der Waals surface area contributed by atoms with E-state index in [0.717, 1.165) is 17.8 Å². The molecule has 1 aliphatic rings. The number of rotatable bonds is 7. The Balaban J connectivity index is 2.17. The summed E-state index contributed by atoms with van der Waals surface area (Å²) in [4.78, 5) is 2.10. The number of likely N-dealkylation sites (N-methyl/N-ethyl adjacent to an activating group) is 1. The van der Waals surface area contributed by atoms with Crippen LogP contribution in [0.4, 0.5) is 10.1 Å². The molecule has 0 saturated heterocycles. The number of hydrogen-bond donors (Lipinski definition) is 2.